The van der Waals surface area contributed by atoms with Gasteiger partial charge in [0.05, 0.1) is 5.69 Å². The van der Waals surface area contributed by atoms with Crippen LogP contribution in [0.2, 0.25) is 0 Å². The largest absolute Gasteiger partial charge is 0.380 e. The fraction of sp³-hybridized carbons (Fsp3) is 0.312. The van der Waals surface area contributed by atoms with Crippen LogP contribution in [-0.2, 0) is 6.54 Å². The number of benzene rings is 1. The fourth-order valence-electron chi connectivity index (χ4n) is 2.23. The summed E-state index contributed by atoms with van der Waals surface area (Å²) in [6, 6.07) is 11.0. The molecule has 18 heavy (non-hydrogen) atoms. The van der Waals surface area contributed by atoms with Gasteiger partial charge in [0, 0.05) is 18.9 Å². The second kappa shape index (κ2) is 4.81. The molecule has 1 aromatic heterocycles. The first-order valence-electron chi connectivity index (χ1n) is 6.55. The third-order valence-corrected chi connectivity index (χ3v) is 3.37. The van der Waals surface area contributed by atoms with Gasteiger partial charge in [-0.25, -0.2) is 0 Å². The van der Waals surface area contributed by atoms with Gasteiger partial charge in [-0.3, -0.25) is 4.98 Å². The van der Waals surface area contributed by atoms with Crippen LogP contribution in [0.3, 0.4) is 0 Å². The Balaban J connectivity index is 1.67. The Morgan fingerprint density at radius 3 is 2.89 bits per heavy atom. The topological polar surface area (TPSA) is 24.9 Å². The summed E-state index contributed by atoms with van der Waals surface area (Å²) in [7, 11) is 0. The first kappa shape index (κ1) is 11.3. The van der Waals surface area contributed by atoms with Crippen molar-refractivity contribution in [1.82, 2.24) is 4.98 Å². The Kier molecular flexibility index (Phi) is 3.01. The number of aromatic nitrogens is 1. The van der Waals surface area contributed by atoms with Gasteiger partial charge in [-0.15, -0.1) is 0 Å². The van der Waals surface area contributed by atoms with Crippen molar-refractivity contribution in [1.29, 1.82) is 0 Å². The van der Waals surface area contributed by atoms with Crippen molar-refractivity contribution in [2.45, 2.75) is 32.2 Å². The van der Waals surface area contributed by atoms with Crippen LogP contribution in [0.15, 0.2) is 42.7 Å². The molecule has 0 amide bonds. The Hall–Kier alpha value is -1.83. The molecule has 0 spiro atoms. The fourth-order valence-corrected chi connectivity index (χ4v) is 2.23. The van der Waals surface area contributed by atoms with E-state index in [0.717, 1.165) is 18.2 Å². The van der Waals surface area contributed by atoms with Crippen molar-refractivity contribution in [3.8, 4) is 0 Å². The number of nitrogens with zero attached hydrogens (tertiary/aromatic N) is 1. The van der Waals surface area contributed by atoms with Crippen LogP contribution >= 0.6 is 0 Å². The summed E-state index contributed by atoms with van der Waals surface area (Å²) in [4.78, 5) is 4.19. The van der Waals surface area contributed by atoms with Gasteiger partial charge in [0.25, 0.3) is 0 Å². The molecule has 0 saturated heterocycles. The molecule has 0 radical (unpaired) electrons. The summed E-state index contributed by atoms with van der Waals surface area (Å²) < 4.78 is 0. The van der Waals surface area contributed by atoms with Gasteiger partial charge in [0.2, 0.25) is 0 Å². The van der Waals surface area contributed by atoms with Gasteiger partial charge in [-0.2, -0.15) is 0 Å². The average Bonchev–Trinajstić information content (AvgIpc) is 3.21. The molecule has 0 bridgehead atoms. The van der Waals surface area contributed by atoms with Gasteiger partial charge >= 0.3 is 0 Å². The molecule has 0 aliphatic heterocycles. The van der Waals surface area contributed by atoms with Crippen LogP contribution in [0.25, 0.3) is 0 Å². The molecular formula is C16H18N2. The molecule has 0 atom stereocenters. The lowest BCUT2D eigenvalue weighted by Crippen LogP contribution is -2.00. The molecule has 1 aliphatic rings. The molecule has 0 unspecified atom stereocenters. The highest BCUT2D eigenvalue weighted by Gasteiger charge is 2.23. The van der Waals surface area contributed by atoms with Crippen molar-refractivity contribution in [2.24, 2.45) is 0 Å². The molecule has 1 saturated carbocycles. The number of pyridine rings is 1. The summed E-state index contributed by atoms with van der Waals surface area (Å²) in [6.07, 6.45) is 6.47. The maximum absolute atomic E-state index is 4.19. The second-order valence-corrected chi connectivity index (χ2v) is 5.12. The van der Waals surface area contributed by atoms with Crippen molar-refractivity contribution in [2.75, 3.05) is 5.32 Å². The third kappa shape index (κ3) is 2.70. The zero-order valence-electron chi connectivity index (χ0n) is 10.7. The minimum Gasteiger partial charge on any atom is -0.380 e. The molecule has 1 aromatic carbocycles. The smallest absolute Gasteiger partial charge is 0.0532 e. The van der Waals surface area contributed by atoms with E-state index in [1.165, 1.54) is 29.5 Å². The van der Waals surface area contributed by atoms with Crippen molar-refractivity contribution >= 4 is 5.69 Å². The van der Waals surface area contributed by atoms with E-state index in [4.69, 9.17) is 0 Å². The number of aryl methyl sites for hydroxylation is 1. The van der Waals surface area contributed by atoms with Crippen LogP contribution in [0.4, 0.5) is 5.69 Å². The molecule has 92 valence electrons. The zero-order chi connectivity index (χ0) is 12.4. The van der Waals surface area contributed by atoms with Crippen LogP contribution in [0.5, 0.6) is 0 Å². The standard InChI is InChI=1S/C16H18N2/c1-12-7-16(11-17-9-12)18-10-13-3-2-4-15(8-13)14-5-6-14/h2-4,7-9,11,14,18H,5-6,10H2,1H3. The predicted molar refractivity (Wildman–Crippen MR) is 74.7 cm³/mol. The quantitative estimate of drug-likeness (QED) is 0.874. The maximum atomic E-state index is 4.19. The highest BCUT2D eigenvalue weighted by atomic mass is 14.9. The molecule has 2 heteroatoms. The minimum absolute atomic E-state index is 0.825. The first-order chi connectivity index (χ1) is 8.81. The number of nitrogens with one attached hydrogen (secondary N) is 1. The average molecular weight is 238 g/mol. The third-order valence-electron chi connectivity index (χ3n) is 3.37. The number of hydrogen-bond donors (Lipinski definition) is 1. The molecule has 3 rings (SSSR count). The zero-order valence-corrected chi connectivity index (χ0v) is 10.7. The van der Waals surface area contributed by atoms with Crippen molar-refractivity contribution in [3.63, 3.8) is 0 Å². The highest BCUT2D eigenvalue weighted by Crippen LogP contribution is 2.40. The van der Waals surface area contributed by atoms with Gasteiger partial charge < -0.3 is 5.32 Å². The summed E-state index contributed by atoms with van der Waals surface area (Å²) in [5.74, 6) is 0.825. The van der Waals surface area contributed by atoms with Crippen molar-refractivity contribution in [3.05, 3.63) is 59.4 Å². The Bertz CT molecular complexity index is 544. The summed E-state index contributed by atoms with van der Waals surface area (Å²) in [5, 5.41) is 3.43. The second-order valence-electron chi connectivity index (χ2n) is 5.12. The van der Waals surface area contributed by atoms with E-state index >= 15 is 0 Å². The van der Waals surface area contributed by atoms with Gasteiger partial charge in [-0.05, 0) is 48.4 Å². The monoisotopic (exact) mass is 238 g/mol. The lowest BCUT2D eigenvalue weighted by atomic mass is 10.1. The molecule has 1 aliphatic carbocycles. The summed E-state index contributed by atoms with van der Waals surface area (Å²) >= 11 is 0. The molecule has 2 nitrogen and oxygen atoms in total. The van der Waals surface area contributed by atoms with E-state index in [-0.39, 0.29) is 0 Å². The van der Waals surface area contributed by atoms with E-state index in [1.807, 2.05) is 12.4 Å². The normalized spacial score (nSPS) is 14.5. The van der Waals surface area contributed by atoms with Crippen LogP contribution in [-0.4, -0.2) is 4.98 Å². The molecular weight excluding hydrogens is 220 g/mol. The van der Waals surface area contributed by atoms with Gasteiger partial charge in [-0.1, -0.05) is 24.3 Å². The SMILES string of the molecule is Cc1cncc(NCc2cccc(C3CC3)c2)c1. The molecule has 1 heterocycles. The van der Waals surface area contributed by atoms with Crippen LogP contribution in [0, 0.1) is 6.92 Å². The number of rotatable bonds is 4. The lowest BCUT2D eigenvalue weighted by Gasteiger charge is -2.08. The Morgan fingerprint density at radius 1 is 1.22 bits per heavy atom. The molecule has 2 aromatic rings. The maximum Gasteiger partial charge on any atom is 0.0532 e. The van der Waals surface area contributed by atoms with E-state index < -0.39 is 0 Å². The van der Waals surface area contributed by atoms with Crippen LogP contribution < -0.4 is 5.32 Å². The van der Waals surface area contributed by atoms with E-state index in [2.05, 4.69) is 47.6 Å². The predicted octanol–water partition coefficient (Wildman–Crippen LogP) is 3.88. The lowest BCUT2D eigenvalue weighted by molar-refractivity contribution is 1.08. The molecule has 1 N–H and O–H groups in total. The molecule has 1 fully saturated rings. The Morgan fingerprint density at radius 2 is 2.11 bits per heavy atom. The first-order valence-corrected chi connectivity index (χ1v) is 6.55. The summed E-state index contributed by atoms with van der Waals surface area (Å²) in [6.45, 7) is 2.93. The number of hydrogen-bond acceptors (Lipinski definition) is 2. The van der Waals surface area contributed by atoms with Gasteiger partial charge in [0.15, 0.2) is 0 Å². The summed E-state index contributed by atoms with van der Waals surface area (Å²) in [5.41, 5.74) is 5.12. The van der Waals surface area contributed by atoms with Crippen LogP contribution in [0.1, 0.15) is 35.4 Å². The van der Waals surface area contributed by atoms with E-state index in [0.29, 0.717) is 0 Å². The van der Waals surface area contributed by atoms with E-state index in [1.54, 1.807) is 0 Å². The van der Waals surface area contributed by atoms with E-state index in [9.17, 15) is 0 Å². The number of anilines is 1. The van der Waals surface area contributed by atoms with Gasteiger partial charge in [0.1, 0.15) is 0 Å². The highest BCUT2D eigenvalue weighted by molar-refractivity contribution is 5.43. The Labute approximate surface area is 108 Å². The van der Waals surface area contributed by atoms with Crippen molar-refractivity contribution < 1.29 is 0 Å². The minimum atomic E-state index is 0.825.